The average Bonchev–Trinajstić information content (AvgIpc) is 2.27. The van der Waals surface area contributed by atoms with E-state index in [1.165, 1.54) is 6.92 Å². The van der Waals surface area contributed by atoms with Crippen LogP contribution in [0.2, 0.25) is 0 Å². The van der Waals surface area contributed by atoms with Gasteiger partial charge in [-0.2, -0.15) is 0 Å². The fourth-order valence-corrected chi connectivity index (χ4v) is 1.37. The second kappa shape index (κ2) is 5.32. The van der Waals surface area contributed by atoms with Crippen LogP contribution in [0.1, 0.15) is 43.1 Å². The molecule has 0 fully saturated rings. The molecular weight excluding hydrogens is 216 g/mol. The molecule has 3 nitrogen and oxygen atoms in total. The van der Waals surface area contributed by atoms with Crippen LogP contribution in [0.15, 0.2) is 18.2 Å². The second-order valence-corrected chi connectivity index (χ2v) is 4.68. The van der Waals surface area contributed by atoms with Crippen molar-refractivity contribution in [1.82, 2.24) is 0 Å². The summed E-state index contributed by atoms with van der Waals surface area (Å²) in [5.41, 5.74) is 0.771. The Morgan fingerprint density at radius 1 is 1.47 bits per heavy atom. The molecule has 1 N–H and O–H groups in total. The SMILES string of the molecule is CCC(C)(O)COc1ccc(C(C)=O)cc1C. The largest absolute Gasteiger partial charge is 0.490 e. The molecule has 0 bridgehead atoms. The van der Waals surface area contributed by atoms with Crippen LogP contribution in [0, 0.1) is 6.92 Å². The highest BCUT2D eigenvalue weighted by Crippen LogP contribution is 2.21. The van der Waals surface area contributed by atoms with Crippen LogP contribution in [-0.4, -0.2) is 23.1 Å². The zero-order chi connectivity index (χ0) is 13.1. The Morgan fingerprint density at radius 3 is 2.59 bits per heavy atom. The van der Waals surface area contributed by atoms with E-state index < -0.39 is 5.60 Å². The van der Waals surface area contributed by atoms with Gasteiger partial charge in [-0.25, -0.2) is 0 Å². The Hall–Kier alpha value is -1.35. The standard InChI is InChI=1S/C14H20O3/c1-5-14(4,16)9-17-13-7-6-12(11(3)15)8-10(13)2/h6-8,16H,5,9H2,1-4H3. The average molecular weight is 236 g/mol. The maximum Gasteiger partial charge on any atom is 0.159 e. The summed E-state index contributed by atoms with van der Waals surface area (Å²) < 4.78 is 5.57. The summed E-state index contributed by atoms with van der Waals surface area (Å²) in [6.45, 7) is 7.34. The number of Topliss-reactive ketones (excluding diaryl/α,β-unsaturated/α-hetero) is 1. The van der Waals surface area contributed by atoms with Gasteiger partial charge in [0.15, 0.2) is 5.78 Å². The number of carbonyl (C=O) groups excluding carboxylic acids is 1. The third kappa shape index (κ3) is 3.86. The maximum absolute atomic E-state index is 11.2. The topological polar surface area (TPSA) is 46.5 Å². The molecule has 1 atom stereocenters. The molecule has 17 heavy (non-hydrogen) atoms. The van der Waals surface area contributed by atoms with Gasteiger partial charge in [0.25, 0.3) is 0 Å². The molecule has 0 aliphatic carbocycles. The lowest BCUT2D eigenvalue weighted by Crippen LogP contribution is -2.31. The molecule has 0 spiro atoms. The van der Waals surface area contributed by atoms with E-state index in [-0.39, 0.29) is 12.4 Å². The third-order valence-corrected chi connectivity index (χ3v) is 2.88. The van der Waals surface area contributed by atoms with Gasteiger partial charge in [0.2, 0.25) is 0 Å². The Bertz CT molecular complexity index is 408. The van der Waals surface area contributed by atoms with Crippen molar-refractivity contribution >= 4 is 5.78 Å². The Morgan fingerprint density at radius 2 is 2.12 bits per heavy atom. The molecule has 94 valence electrons. The van der Waals surface area contributed by atoms with E-state index in [1.54, 1.807) is 25.1 Å². The van der Waals surface area contributed by atoms with Gasteiger partial charge in [-0.3, -0.25) is 4.79 Å². The van der Waals surface area contributed by atoms with Crippen molar-refractivity contribution in [2.45, 2.75) is 39.7 Å². The van der Waals surface area contributed by atoms with Crippen molar-refractivity contribution in [3.63, 3.8) is 0 Å². The Kier molecular flexibility index (Phi) is 4.29. The molecular formula is C14H20O3. The number of ketones is 1. The first-order valence-electron chi connectivity index (χ1n) is 5.82. The highest BCUT2D eigenvalue weighted by Gasteiger charge is 2.18. The van der Waals surface area contributed by atoms with Crippen LogP contribution in [0.5, 0.6) is 5.75 Å². The summed E-state index contributed by atoms with van der Waals surface area (Å²) in [7, 11) is 0. The monoisotopic (exact) mass is 236 g/mol. The minimum absolute atomic E-state index is 0.0419. The number of carbonyl (C=O) groups is 1. The predicted octanol–water partition coefficient (Wildman–Crippen LogP) is 2.74. The Labute approximate surface area is 102 Å². The first-order valence-corrected chi connectivity index (χ1v) is 5.82. The number of hydrogen-bond acceptors (Lipinski definition) is 3. The van der Waals surface area contributed by atoms with Crippen LogP contribution in [0.25, 0.3) is 0 Å². The molecule has 1 aromatic carbocycles. The summed E-state index contributed by atoms with van der Waals surface area (Å²) in [4.78, 5) is 11.2. The van der Waals surface area contributed by atoms with Crippen LogP contribution in [0.4, 0.5) is 0 Å². The van der Waals surface area contributed by atoms with Crippen molar-refractivity contribution in [2.24, 2.45) is 0 Å². The minimum Gasteiger partial charge on any atom is -0.490 e. The highest BCUT2D eigenvalue weighted by atomic mass is 16.5. The summed E-state index contributed by atoms with van der Waals surface area (Å²) in [5, 5.41) is 9.84. The highest BCUT2D eigenvalue weighted by molar-refractivity contribution is 5.94. The molecule has 1 unspecified atom stereocenters. The van der Waals surface area contributed by atoms with Gasteiger partial charge in [0.05, 0.1) is 5.60 Å². The van der Waals surface area contributed by atoms with Crippen molar-refractivity contribution in [1.29, 1.82) is 0 Å². The van der Waals surface area contributed by atoms with Crippen LogP contribution >= 0.6 is 0 Å². The normalized spacial score (nSPS) is 14.2. The summed E-state index contributed by atoms with van der Waals surface area (Å²) in [6.07, 6.45) is 0.636. The first kappa shape index (κ1) is 13.7. The van der Waals surface area contributed by atoms with E-state index in [0.29, 0.717) is 17.7 Å². The molecule has 0 saturated heterocycles. The van der Waals surface area contributed by atoms with Gasteiger partial charge in [-0.15, -0.1) is 0 Å². The van der Waals surface area contributed by atoms with E-state index in [1.807, 2.05) is 13.8 Å². The van der Waals surface area contributed by atoms with E-state index in [4.69, 9.17) is 4.74 Å². The van der Waals surface area contributed by atoms with Crippen molar-refractivity contribution in [3.05, 3.63) is 29.3 Å². The maximum atomic E-state index is 11.2. The third-order valence-electron chi connectivity index (χ3n) is 2.88. The van der Waals surface area contributed by atoms with E-state index >= 15 is 0 Å². The zero-order valence-corrected chi connectivity index (χ0v) is 10.9. The summed E-state index contributed by atoms with van der Waals surface area (Å²) in [5.74, 6) is 0.754. The number of aryl methyl sites for hydroxylation is 1. The molecule has 0 amide bonds. The summed E-state index contributed by atoms with van der Waals surface area (Å²) >= 11 is 0. The van der Waals surface area contributed by atoms with Gasteiger partial charge < -0.3 is 9.84 Å². The minimum atomic E-state index is -0.814. The van der Waals surface area contributed by atoms with Crippen LogP contribution < -0.4 is 4.74 Å². The lowest BCUT2D eigenvalue weighted by Gasteiger charge is -2.22. The molecule has 0 radical (unpaired) electrons. The number of hydrogen-bond donors (Lipinski definition) is 1. The fraction of sp³-hybridized carbons (Fsp3) is 0.500. The van der Waals surface area contributed by atoms with Crippen LogP contribution in [-0.2, 0) is 0 Å². The lowest BCUT2D eigenvalue weighted by molar-refractivity contribution is 0.00826. The fourth-order valence-electron chi connectivity index (χ4n) is 1.37. The second-order valence-electron chi connectivity index (χ2n) is 4.68. The van der Waals surface area contributed by atoms with Gasteiger partial charge in [0, 0.05) is 5.56 Å². The predicted molar refractivity (Wildman–Crippen MR) is 67.6 cm³/mol. The molecule has 0 heterocycles. The molecule has 0 aromatic heterocycles. The first-order chi connectivity index (χ1) is 7.85. The van der Waals surface area contributed by atoms with Gasteiger partial charge in [0.1, 0.15) is 12.4 Å². The number of benzene rings is 1. The van der Waals surface area contributed by atoms with Crippen molar-refractivity contribution in [3.8, 4) is 5.75 Å². The Balaban J connectivity index is 2.77. The smallest absolute Gasteiger partial charge is 0.159 e. The van der Waals surface area contributed by atoms with Crippen molar-refractivity contribution < 1.29 is 14.6 Å². The molecule has 0 saturated carbocycles. The number of ether oxygens (including phenoxy) is 1. The summed E-state index contributed by atoms with van der Waals surface area (Å²) in [6, 6.07) is 5.32. The zero-order valence-electron chi connectivity index (χ0n) is 10.9. The van der Waals surface area contributed by atoms with Crippen molar-refractivity contribution in [2.75, 3.05) is 6.61 Å². The van der Waals surface area contributed by atoms with Gasteiger partial charge in [-0.05, 0) is 51.0 Å². The van der Waals surface area contributed by atoms with E-state index in [9.17, 15) is 9.90 Å². The lowest BCUT2D eigenvalue weighted by atomic mass is 10.1. The number of aliphatic hydroxyl groups is 1. The van der Waals surface area contributed by atoms with E-state index in [2.05, 4.69) is 0 Å². The molecule has 0 aliphatic rings. The molecule has 3 heteroatoms. The molecule has 0 aliphatic heterocycles. The van der Waals surface area contributed by atoms with E-state index in [0.717, 1.165) is 5.56 Å². The van der Waals surface area contributed by atoms with Gasteiger partial charge >= 0.3 is 0 Å². The molecule has 1 rings (SSSR count). The van der Waals surface area contributed by atoms with Gasteiger partial charge in [-0.1, -0.05) is 6.92 Å². The molecule has 1 aromatic rings. The van der Waals surface area contributed by atoms with Crippen LogP contribution in [0.3, 0.4) is 0 Å². The number of rotatable bonds is 5. The quantitative estimate of drug-likeness (QED) is 0.800.